The summed E-state index contributed by atoms with van der Waals surface area (Å²) in [6, 6.07) is 12.2. The number of hydrogen-bond acceptors (Lipinski definition) is 4. The van der Waals surface area contributed by atoms with Crippen molar-refractivity contribution >= 4 is 5.91 Å². The highest BCUT2D eigenvalue weighted by Gasteiger charge is 2.31. The van der Waals surface area contributed by atoms with Crippen LogP contribution in [0.25, 0.3) is 0 Å². The lowest BCUT2D eigenvalue weighted by Crippen LogP contribution is -2.49. The number of rotatable bonds is 4. The summed E-state index contributed by atoms with van der Waals surface area (Å²) in [5.74, 6) is 0.986. The molecule has 1 aliphatic rings. The van der Waals surface area contributed by atoms with Crippen molar-refractivity contribution in [1.29, 1.82) is 0 Å². The first-order valence-corrected chi connectivity index (χ1v) is 8.20. The number of pyridine rings is 1. The minimum Gasteiger partial charge on any atom is -0.496 e. The highest BCUT2D eigenvalue weighted by molar-refractivity contribution is 5.73. The summed E-state index contributed by atoms with van der Waals surface area (Å²) < 4.78 is 5.55. The second-order valence-electron chi connectivity index (χ2n) is 6.05. The molecular weight excluding hydrogens is 302 g/mol. The Morgan fingerprint density at radius 3 is 2.79 bits per heavy atom. The topological polar surface area (TPSA) is 45.7 Å². The molecule has 2 heterocycles. The predicted octanol–water partition coefficient (Wildman–Crippen LogP) is 2.50. The minimum atomic E-state index is 0.110. The van der Waals surface area contributed by atoms with Crippen LogP contribution >= 0.6 is 0 Å². The first-order valence-electron chi connectivity index (χ1n) is 8.20. The van der Waals surface area contributed by atoms with Gasteiger partial charge in [0.2, 0.25) is 5.91 Å². The Kier molecular flexibility index (Phi) is 5.11. The first-order chi connectivity index (χ1) is 11.7. The van der Waals surface area contributed by atoms with Crippen LogP contribution in [0, 0.1) is 0 Å². The molecule has 24 heavy (non-hydrogen) atoms. The fourth-order valence-corrected chi connectivity index (χ4v) is 3.26. The predicted molar refractivity (Wildman–Crippen MR) is 92.6 cm³/mol. The molecule has 0 spiro atoms. The van der Waals surface area contributed by atoms with Gasteiger partial charge in [0, 0.05) is 51.1 Å². The third-order valence-corrected chi connectivity index (χ3v) is 4.54. The maximum Gasteiger partial charge on any atom is 0.219 e. The minimum absolute atomic E-state index is 0.110. The van der Waals surface area contributed by atoms with Crippen molar-refractivity contribution in [2.24, 2.45) is 0 Å². The Balaban J connectivity index is 1.90. The van der Waals surface area contributed by atoms with Gasteiger partial charge in [0.15, 0.2) is 0 Å². The Morgan fingerprint density at radius 2 is 2.08 bits per heavy atom. The molecule has 1 aromatic heterocycles. The highest BCUT2D eigenvalue weighted by Crippen LogP contribution is 2.33. The number of nitrogens with zero attached hydrogens (tertiary/aromatic N) is 3. The van der Waals surface area contributed by atoms with Crippen molar-refractivity contribution in [1.82, 2.24) is 14.8 Å². The summed E-state index contributed by atoms with van der Waals surface area (Å²) >= 11 is 0. The zero-order valence-electron chi connectivity index (χ0n) is 14.2. The van der Waals surface area contributed by atoms with E-state index in [4.69, 9.17) is 4.74 Å². The highest BCUT2D eigenvalue weighted by atomic mass is 16.5. The lowest BCUT2D eigenvalue weighted by Gasteiger charge is -2.41. The number of ether oxygens (including phenoxy) is 1. The Bertz CT molecular complexity index is 690. The first kappa shape index (κ1) is 16.5. The van der Waals surface area contributed by atoms with E-state index in [0.29, 0.717) is 6.54 Å². The van der Waals surface area contributed by atoms with Gasteiger partial charge in [-0.15, -0.1) is 0 Å². The standard InChI is InChI=1S/C19H23N3O2/c1-15(23)21-10-11-22(13-16-6-5-9-20-12-16)18(14-21)17-7-3-4-8-19(17)24-2/h3-9,12,18H,10-11,13-14H2,1-2H3/t18-/m0/s1. The number of para-hydroxylation sites is 1. The van der Waals surface area contributed by atoms with Gasteiger partial charge in [-0.1, -0.05) is 24.3 Å². The molecule has 2 aromatic rings. The van der Waals surface area contributed by atoms with E-state index >= 15 is 0 Å². The molecule has 126 valence electrons. The number of benzene rings is 1. The van der Waals surface area contributed by atoms with Crippen LogP contribution in [0.15, 0.2) is 48.8 Å². The van der Waals surface area contributed by atoms with Gasteiger partial charge in [0.25, 0.3) is 0 Å². The molecule has 1 amide bonds. The van der Waals surface area contributed by atoms with Gasteiger partial charge >= 0.3 is 0 Å². The molecule has 0 bridgehead atoms. The van der Waals surface area contributed by atoms with Gasteiger partial charge in [-0.05, 0) is 17.7 Å². The molecule has 1 aliphatic heterocycles. The van der Waals surface area contributed by atoms with Crippen molar-refractivity contribution in [2.75, 3.05) is 26.7 Å². The summed E-state index contributed by atoms with van der Waals surface area (Å²) in [5, 5.41) is 0. The SMILES string of the molecule is COc1ccccc1[C@@H]1CN(C(C)=O)CCN1Cc1cccnc1. The molecule has 0 saturated carbocycles. The average molecular weight is 325 g/mol. The maximum absolute atomic E-state index is 11.9. The third kappa shape index (κ3) is 3.57. The molecular formula is C19H23N3O2. The van der Waals surface area contributed by atoms with Crippen LogP contribution in [-0.4, -0.2) is 47.4 Å². The quantitative estimate of drug-likeness (QED) is 0.866. The van der Waals surface area contributed by atoms with Gasteiger partial charge in [-0.3, -0.25) is 14.7 Å². The van der Waals surface area contributed by atoms with Crippen molar-refractivity contribution in [3.05, 3.63) is 59.9 Å². The van der Waals surface area contributed by atoms with Gasteiger partial charge in [0.1, 0.15) is 5.75 Å². The third-order valence-electron chi connectivity index (χ3n) is 4.54. The molecule has 0 N–H and O–H groups in total. The van der Waals surface area contributed by atoms with Crippen molar-refractivity contribution in [2.45, 2.75) is 19.5 Å². The van der Waals surface area contributed by atoms with Crippen molar-refractivity contribution in [3.63, 3.8) is 0 Å². The number of aromatic nitrogens is 1. The van der Waals surface area contributed by atoms with E-state index in [0.717, 1.165) is 30.9 Å². The van der Waals surface area contributed by atoms with Crippen LogP contribution in [0.5, 0.6) is 5.75 Å². The molecule has 5 heteroatoms. The molecule has 0 radical (unpaired) electrons. The summed E-state index contributed by atoms with van der Waals surface area (Å²) in [6.45, 7) is 4.70. The molecule has 1 saturated heterocycles. The fourth-order valence-electron chi connectivity index (χ4n) is 3.26. The lowest BCUT2D eigenvalue weighted by molar-refractivity contribution is -0.132. The largest absolute Gasteiger partial charge is 0.496 e. The second-order valence-corrected chi connectivity index (χ2v) is 6.05. The van der Waals surface area contributed by atoms with Gasteiger partial charge in [0.05, 0.1) is 13.2 Å². The number of piperazine rings is 1. The zero-order chi connectivity index (χ0) is 16.9. The van der Waals surface area contributed by atoms with Gasteiger partial charge in [-0.2, -0.15) is 0 Å². The van der Waals surface area contributed by atoms with E-state index in [1.165, 1.54) is 5.56 Å². The van der Waals surface area contributed by atoms with Crippen molar-refractivity contribution in [3.8, 4) is 5.75 Å². The van der Waals surface area contributed by atoms with Gasteiger partial charge in [-0.25, -0.2) is 0 Å². The Labute approximate surface area is 142 Å². The van der Waals surface area contributed by atoms with Crippen molar-refractivity contribution < 1.29 is 9.53 Å². The smallest absolute Gasteiger partial charge is 0.219 e. The monoisotopic (exact) mass is 325 g/mol. The molecule has 0 unspecified atom stereocenters. The van der Waals surface area contributed by atoms with E-state index in [9.17, 15) is 4.79 Å². The van der Waals surface area contributed by atoms with Gasteiger partial charge < -0.3 is 9.64 Å². The van der Waals surface area contributed by atoms with E-state index in [2.05, 4.69) is 22.0 Å². The molecule has 1 atom stereocenters. The summed E-state index contributed by atoms with van der Waals surface area (Å²) in [4.78, 5) is 20.4. The van der Waals surface area contributed by atoms with E-state index in [1.54, 1.807) is 20.2 Å². The number of amides is 1. The maximum atomic E-state index is 11.9. The number of carbonyl (C=O) groups excluding carboxylic acids is 1. The average Bonchev–Trinajstić information content (AvgIpc) is 2.62. The van der Waals surface area contributed by atoms with Crippen LogP contribution in [0.1, 0.15) is 24.1 Å². The number of hydrogen-bond donors (Lipinski definition) is 0. The van der Waals surface area contributed by atoms with Crippen LogP contribution in [0.3, 0.4) is 0 Å². The van der Waals surface area contributed by atoms with E-state index in [-0.39, 0.29) is 11.9 Å². The van der Waals surface area contributed by atoms with Crippen LogP contribution in [0.2, 0.25) is 0 Å². The summed E-state index contributed by atoms with van der Waals surface area (Å²) in [7, 11) is 1.69. The molecule has 5 nitrogen and oxygen atoms in total. The molecule has 3 rings (SSSR count). The lowest BCUT2D eigenvalue weighted by atomic mass is 10.00. The number of carbonyl (C=O) groups is 1. The Hall–Kier alpha value is -2.40. The second kappa shape index (κ2) is 7.45. The van der Waals surface area contributed by atoms with Crippen LogP contribution in [0.4, 0.5) is 0 Å². The Morgan fingerprint density at radius 1 is 1.25 bits per heavy atom. The van der Waals surface area contributed by atoms with Crippen LogP contribution < -0.4 is 4.74 Å². The normalized spacial score (nSPS) is 18.4. The number of methoxy groups -OCH3 is 1. The zero-order valence-corrected chi connectivity index (χ0v) is 14.2. The molecule has 1 aromatic carbocycles. The van der Waals surface area contributed by atoms with E-state index in [1.807, 2.05) is 35.4 Å². The summed E-state index contributed by atoms with van der Waals surface area (Å²) in [5.41, 5.74) is 2.29. The summed E-state index contributed by atoms with van der Waals surface area (Å²) in [6.07, 6.45) is 3.69. The van der Waals surface area contributed by atoms with E-state index < -0.39 is 0 Å². The fraction of sp³-hybridized carbons (Fsp3) is 0.368. The molecule has 1 fully saturated rings. The van der Waals surface area contributed by atoms with Crippen LogP contribution in [-0.2, 0) is 11.3 Å². The molecule has 0 aliphatic carbocycles.